The van der Waals surface area contributed by atoms with Crippen LogP contribution in [0.5, 0.6) is 0 Å². The number of hydrazone groups is 1. The summed E-state index contributed by atoms with van der Waals surface area (Å²) < 4.78 is 27.5. The third-order valence-corrected chi connectivity index (χ3v) is 5.00. The summed E-state index contributed by atoms with van der Waals surface area (Å²) in [6, 6.07) is 14.7. The molecule has 1 aliphatic heterocycles. The molecular formula is C18H18N4O2S. The molecule has 1 heterocycles. The molecular weight excluding hydrogens is 336 g/mol. The summed E-state index contributed by atoms with van der Waals surface area (Å²) in [7, 11) is 0.365. The molecule has 0 radical (unpaired) electrons. The highest BCUT2D eigenvalue weighted by atomic mass is 32.2. The van der Waals surface area contributed by atoms with Gasteiger partial charge in [0.05, 0.1) is 0 Å². The lowest BCUT2D eigenvalue weighted by Gasteiger charge is -2.11. The molecule has 7 heteroatoms. The fourth-order valence-electron chi connectivity index (χ4n) is 2.37. The van der Waals surface area contributed by atoms with E-state index in [4.69, 9.17) is 0 Å². The molecule has 2 aromatic rings. The molecule has 0 bridgehead atoms. The van der Waals surface area contributed by atoms with Gasteiger partial charge in [0.1, 0.15) is 4.90 Å². The Morgan fingerprint density at radius 1 is 1.08 bits per heavy atom. The van der Waals surface area contributed by atoms with Crippen molar-refractivity contribution in [2.45, 2.75) is 4.90 Å². The highest BCUT2D eigenvalue weighted by molar-refractivity contribution is 7.90. The Balaban J connectivity index is 1.64. The SMILES string of the molecule is CN(C)c1ccc(/C=C/C=N/NC2=NS(=O)(=O)c3ccccc32)cc1. The summed E-state index contributed by atoms with van der Waals surface area (Å²) in [5, 5.41) is 4.01. The zero-order valence-electron chi connectivity index (χ0n) is 13.9. The molecule has 0 atom stereocenters. The van der Waals surface area contributed by atoms with Crippen molar-refractivity contribution in [3.63, 3.8) is 0 Å². The summed E-state index contributed by atoms with van der Waals surface area (Å²) in [5.74, 6) is 0.232. The van der Waals surface area contributed by atoms with Gasteiger partial charge in [-0.3, -0.25) is 5.43 Å². The van der Waals surface area contributed by atoms with Crippen molar-refractivity contribution in [2.24, 2.45) is 9.50 Å². The second-order valence-corrected chi connectivity index (χ2v) is 7.22. The van der Waals surface area contributed by atoms with Crippen LogP contribution in [0.1, 0.15) is 11.1 Å². The number of hydrogen-bond donors (Lipinski definition) is 1. The van der Waals surface area contributed by atoms with Crippen LogP contribution in [-0.4, -0.2) is 34.6 Å². The minimum atomic E-state index is -3.62. The monoisotopic (exact) mass is 354 g/mol. The van der Waals surface area contributed by atoms with Crippen molar-refractivity contribution in [3.05, 3.63) is 65.7 Å². The Hall–Kier alpha value is -2.93. The third-order valence-electron chi connectivity index (χ3n) is 3.66. The fraction of sp³-hybridized carbons (Fsp3) is 0.111. The van der Waals surface area contributed by atoms with Crippen molar-refractivity contribution in [1.29, 1.82) is 0 Å². The van der Waals surface area contributed by atoms with Crippen LogP contribution in [0.25, 0.3) is 6.08 Å². The quantitative estimate of drug-likeness (QED) is 0.676. The molecule has 0 fully saturated rings. The first-order chi connectivity index (χ1) is 12.0. The minimum absolute atomic E-state index is 0.198. The van der Waals surface area contributed by atoms with E-state index in [2.05, 4.69) is 14.9 Å². The van der Waals surface area contributed by atoms with Crippen LogP contribution in [0.4, 0.5) is 5.69 Å². The van der Waals surface area contributed by atoms with Gasteiger partial charge in [-0.2, -0.15) is 13.5 Å². The lowest BCUT2D eigenvalue weighted by molar-refractivity contribution is 0.599. The van der Waals surface area contributed by atoms with Crippen LogP contribution in [0.2, 0.25) is 0 Å². The Morgan fingerprint density at radius 3 is 2.52 bits per heavy atom. The van der Waals surface area contributed by atoms with Crippen LogP contribution >= 0.6 is 0 Å². The van der Waals surface area contributed by atoms with Gasteiger partial charge in [-0.05, 0) is 35.9 Å². The number of anilines is 1. The Morgan fingerprint density at radius 2 is 1.80 bits per heavy atom. The largest absolute Gasteiger partial charge is 0.378 e. The summed E-state index contributed by atoms with van der Waals surface area (Å²) >= 11 is 0. The minimum Gasteiger partial charge on any atom is -0.378 e. The molecule has 0 saturated carbocycles. The number of nitrogens with zero attached hydrogens (tertiary/aromatic N) is 3. The molecule has 0 spiro atoms. The lowest BCUT2D eigenvalue weighted by Crippen LogP contribution is -2.16. The lowest BCUT2D eigenvalue weighted by atomic mass is 10.2. The fourth-order valence-corrected chi connectivity index (χ4v) is 3.54. The first kappa shape index (κ1) is 16.9. The number of allylic oxidation sites excluding steroid dienone is 1. The predicted molar refractivity (Wildman–Crippen MR) is 102 cm³/mol. The maximum atomic E-state index is 11.9. The van der Waals surface area contributed by atoms with E-state index < -0.39 is 10.0 Å². The normalized spacial score (nSPS) is 15.4. The molecule has 1 N–H and O–H groups in total. The van der Waals surface area contributed by atoms with Crippen LogP contribution in [0.3, 0.4) is 0 Å². The van der Waals surface area contributed by atoms with Gasteiger partial charge in [0.15, 0.2) is 5.84 Å². The van der Waals surface area contributed by atoms with Crippen LogP contribution in [0, 0.1) is 0 Å². The molecule has 0 unspecified atom stereocenters. The second kappa shape index (κ2) is 6.90. The average Bonchev–Trinajstić information content (AvgIpc) is 2.86. The molecule has 0 aliphatic carbocycles. The second-order valence-electron chi connectivity index (χ2n) is 5.65. The van der Waals surface area contributed by atoms with E-state index in [1.165, 1.54) is 6.07 Å². The summed E-state index contributed by atoms with van der Waals surface area (Å²) in [6.45, 7) is 0. The number of benzene rings is 2. The van der Waals surface area contributed by atoms with Crippen LogP contribution < -0.4 is 10.3 Å². The van der Waals surface area contributed by atoms with Gasteiger partial charge in [-0.25, -0.2) is 0 Å². The number of fused-ring (bicyclic) bond motifs is 1. The maximum Gasteiger partial charge on any atom is 0.285 e. The Labute approximate surface area is 147 Å². The van der Waals surface area contributed by atoms with Gasteiger partial charge in [0.25, 0.3) is 10.0 Å². The van der Waals surface area contributed by atoms with Gasteiger partial charge in [0, 0.05) is 31.6 Å². The highest BCUT2D eigenvalue weighted by Gasteiger charge is 2.27. The van der Waals surface area contributed by atoms with Crippen molar-refractivity contribution in [2.75, 3.05) is 19.0 Å². The van der Waals surface area contributed by atoms with Crippen molar-refractivity contribution in [1.82, 2.24) is 5.43 Å². The topological polar surface area (TPSA) is 74.1 Å². The predicted octanol–water partition coefficient (Wildman–Crippen LogP) is 2.49. The van der Waals surface area contributed by atoms with Gasteiger partial charge < -0.3 is 4.90 Å². The highest BCUT2D eigenvalue weighted by Crippen LogP contribution is 2.24. The summed E-state index contributed by atoms with van der Waals surface area (Å²) in [5.41, 5.74) is 5.39. The van der Waals surface area contributed by atoms with Gasteiger partial charge in [-0.1, -0.05) is 30.3 Å². The average molecular weight is 354 g/mol. The molecule has 6 nitrogen and oxygen atoms in total. The number of hydrogen-bond acceptors (Lipinski definition) is 5. The number of amidine groups is 1. The number of nitrogens with one attached hydrogen (secondary N) is 1. The smallest absolute Gasteiger partial charge is 0.285 e. The Kier molecular flexibility index (Phi) is 4.67. The van der Waals surface area contributed by atoms with Crippen LogP contribution in [-0.2, 0) is 10.0 Å². The Bertz CT molecular complexity index is 959. The molecule has 1 aliphatic rings. The molecule has 0 aromatic heterocycles. The molecule has 3 rings (SSSR count). The van der Waals surface area contributed by atoms with E-state index in [1.807, 2.05) is 49.3 Å². The standard InChI is InChI=1S/C18H18N4O2S/c1-22(2)15-11-9-14(10-12-15)6-5-13-19-20-18-16-7-3-4-8-17(16)25(23,24)21-18/h3-13H,1-2H3,(H,20,21)/b6-5+,19-13+. The summed E-state index contributed by atoms with van der Waals surface area (Å²) in [4.78, 5) is 2.23. The first-order valence-electron chi connectivity index (χ1n) is 7.65. The zero-order valence-corrected chi connectivity index (χ0v) is 14.7. The third kappa shape index (κ3) is 3.77. The molecule has 128 valence electrons. The first-order valence-corrected chi connectivity index (χ1v) is 9.09. The van der Waals surface area contributed by atoms with E-state index in [0.717, 1.165) is 11.3 Å². The van der Waals surface area contributed by atoms with Crippen molar-refractivity contribution >= 4 is 33.8 Å². The van der Waals surface area contributed by atoms with Crippen molar-refractivity contribution < 1.29 is 8.42 Å². The summed E-state index contributed by atoms with van der Waals surface area (Å²) in [6.07, 6.45) is 5.23. The molecule has 0 amide bonds. The molecule has 25 heavy (non-hydrogen) atoms. The van der Waals surface area contributed by atoms with E-state index in [-0.39, 0.29) is 10.7 Å². The van der Waals surface area contributed by atoms with Crippen molar-refractivity contribution in [3.8, 4) is 0 Å². The number of sulfonamides is 1. The van der Waals surface area contributed by atoms with Gasteiger partial charge in [0.2, 0.25) is 0 Å². The maximum absolute atomic E-state index is 11.9. The van der Waals surface area contributed by atoms with Gasteiger partial charge >= 0.3 is 0 Å². The molecule has 2 aromatic carbocycles. The van der Waals surface area contributed by atoms with E-state index in [1.54, 1.807) is 30.5 Å². The molecule has 0 saturated heterocycles. The van der Waals surface area contributed by atoms with Gasteiger partial charge in [-0.15, -0.1) is 4.40 Å². The van der Waals surface area contributed by atoms with E-state index >= 15 is 0 Å². The van der Waals surface area contributed by atoms with Crippen LogP contribution in [0.15, 0.2) is 69.0 Å². The number of rotatable bonds is 4. The van der Waals surface area contributed by atoms with E-state index in [0.29, 0.717) is 5.56 Å². The van der Waals surface area contributed by atoms with E-state index in [9.17, 15) is 8.42 Å². The zero-order chi connectivity index (χ0) is 17.9.